The van der Waals surface area contributed by atoms with Gasteiger partial charge in [0.2, 0.25) is 5.91 Å². The van der Waals surface area contributed by atoms with Gasteiger partial charge in [0, 0.05) is 25.9 Å². The highest BCUT2D eigenvalue weighted by Crippen LogP contribution is 2.34. The van der Waals surface area contributed by atoms with Crippen molar-refractivity contribution < 1.29 is 14.7 Å². The lowest BCUT2D eigenvalue weighted by Gasteiger charge is -2.34. The summed E-state index contributed by atoms with van der Waals surface area (Å²) in [7, 11) is 0. The molecule has 1 aromatic rings. The number of hydrogen-bond acceptors (Lipinski definition) is 2. The molecule has 24 heavy (non-hydrogen) atoms. The number of rotatable bonds is 5. The normalized spacial score (nSPS) is 23.6. The maximum atomic E-state index is 12.8. The maximum absolute atomic E-state index is 12.8. The van der Waals surface area contributed by atoms with E-state index in [4.69, 9.17) is 5.11 Å². The lowest BCUT2D eigenvalue weighted by atomic mass is 9.80. The molecule has 2 aliphatic rings. The molecule has 1 amide bonds. The molecule has 1 aliphatic carbocycles. The first-order valence-electron chi connectivity index (χ1n) is 9.21. The van der Waals surface area contributed by atoms with Crippen LogP contribution < -0.4 is 0 Å². The van der Waals surface area contributed by atoms with E-state index >= 15 is 0 Å². The quantitative estimate of drug-likeness (QED) is 0.898. The second kappa shape index (κ2) is 7.82. The van der Waals surface area contributed by atoms with Crippen LogP contribution in [0.5, 0.6) is 0 Å². The summed E-state index contributed by atoms with van der Waals surface area (Å²) in [5, 5.41) is 8.85. The van der Waals surface area contributed by atoms with Crippen molar-refractivity contribution in [3.63, 3.8) is 0 Å². The molecule has 1 aliphatic heterocycles. The lowest BCUT2D eigenvalue weighted by molar-refractivity contribution is -0.137. The third-order valence-corrected chi connectivity index (χ3v) is 5.55. The van der Waals surface area contributed by atoms with E-state index in [0.29, 0.717) is 24.7 Å². The second-order valence-electron chi connectivity index (χ2n) is 7.27. The molecule has 0 bridgehead atoms. The number of carbonyl (C=O) groups is 2. The summed E-state index contributed by atoms with van der Waals surface area (Å²) < 4.78 is 0. The van der Waals surface area contributed by atoms with E-state index in [-0.39, 0.29) is 12.3 Å². The molecule has 1 aromatic carbocycles. The molecule has 2 atom stereocenters. The first kappa shape index (κ1) is 17.0. The number of amides is 1. The molecule has 0 spiro atoms. The van der Waals surface area contributed by atoms with Gasteiger partial charge in [-0.05, 0) is 61.5 Å². The van der Waals surface area contributed by atoms with E-state index < -0.39 is 5.97 Å². The zero-order chi connectivity index (χ0) is 16.9. The number of carboxylic acids is 1. The molecular weight excluding hydrogens is 302 g/mol. The van der Waals surface area contributed by atoms with Crippen LogP contribution in [0.4, 0.5) is 0 Å². The van der Waals surface area contributed by atoms with Gasteiger partial charge in [-0.2, -0.15) is 0 Å². The van der Waals surface area contributed by atoms with E-state index in [2.05, 4.69) is 24.3 Å². The number of benzene rings is 1. The van der Waals surface area contributed by atoms with Gasteiger partial charge in [-0.25, -0.2) is 0 Å². The summed E-state index contributed by atoms with van der Waals surface area (Å²) in [4.78, 5) is 25.5. The fraction of sp³-hybridized carbons (Fsp3) is 0.600. The molecule has 130 valence electrons. The van der Waals surface area contributed by atoms with Crippen molar-refractivity contribution in [3.8, 4) is 0 Å². The number of fused-ring (bicyclic) bond motifs is 1. The van der Waals surface area contributed by atoms with Crippen LogP contribution in [0.1, 0.15) is 62.0 Å². The van der Waals surface area contributed by atoms with E-state index in [9.17, 15) is 9.59 Å². The fourth-order valence-electron chi connectivity index (χ4n) is 4.26. The number of nitrogens with zero attached hydrogens (tertiary/aromatic N) is 1. The Morgan fingerprint density at radius 1 is 1.17 bits per heavy atom. The first-order valence-corrected chi connectivity index (χ1v) is 9.21. The monoisotopic (exact) mass is 329 g/mol. The minimum atomic E-state index is -0.739. The van der Waals surface area contributed by atoms with Crippen molar-refractivity contribution >= 4 is 11.9 Å². The SMILES string of the molecule is O=C(O)CC[C@H]1CCCN(C(=O)C[C@H]2CCCc3ccccc32)C1. The number of piperidine rings is 1. The van der Waals surface area contributed by atoms with Crippen LogP contribution in [0.15, 0.2) is 24.3 Å². The Balaban J connectivity index is 1.58. The summed E-state index contributed by atoms with van der Waals surface area (Å²) in [6.45, 7) is 1.57. The summed E-state index contributed by atoms with van der Waals surface area (Å²) in [6, 6.07) is 8.53. The molecule has 4 nitrogen and oxygen atoms in total. The van der Waals surface area contributed by atoms with Gasteiger partial charge in [0.1, 0.15) is 0 Å². The highest BCUT2D eigenvalue weighted by molar-refractivity contribution is 5.77. The Kier molecular flexibility index (Phi) is 5.54. The number of carbonyl (C=O) groups excluding carboxylic acids is 1. The number of hydrogen-bond donors (Lipinski definition) is 1. The largest absolute Gasteiger partial charge is 0.481 e. The third kappa shape index (κ3) is 4.16. The standard InChI is InChI=1S/C20H27NO3/c22-19(21-12-4-5-15(14-21)10-11-20(23)24)13-17-8-3-7-16-6-1-2-9-18(16)17/h1-2,6,9,15,17H,3-5,7-8,10-14H2,(H,23,24)/t15-,17-/m1/s1. The van der Waals surface area contributed by atoms with Gasteiger partial charge in [0.25, 0.3) is 0 Å². The van der Waals surface area contributed by atoms with Crippen LogP contribution >= 0.6 is 0 Å². The van der Waals surface area contributed by atoms with E-state index in [0.717, 1.165) is 45.2 Å². The van der Waals surface area contributed by atoms with Crippen molar-refractivity contribution in [2.45, 2.75) is 57.3 Å². The molecule has 0 unspecified atom stereocenters. The van der Waals surface area contributed by atoms with Gasteiger partial charge in [-0.3, -0.25) is 9.59 Å². The van der Waals surface area contributed by atoms with Crippen LogP contribution in [0.3, 0.4) is 0 Å². The number of aliphatic carboxylic acids is 1. The van der Waals surface area contributed by atoms with Gasteiger partial charge in [-0.15, -0.1) is 0 Å². The number of carboxylic acid groups (broad SMARTS) is 1. The number of aryl methyl sites for hydroxylation is 1. The summed E-state index contributed by atoms with van der Waals surface area (Å²) in [5.74, 6) is 0.202. The Morgan fingerprint density at radius 3 is 2.83 bits per heavy atom. The molecule has 4 heteroatoms. The Hall–Kier alpha value is -1.84. The minimum absolute atomic E-state index is 0.211. The Labute approximate surface area is 143 Å². The molecule has 1 saturated heterocycles. The average Bonchev–Trinajstić information content (AvgIpc) is 2.60. The highest BCUT2D eigenvalue weighted by Gasteiger charge is 2.28. The molecular formula is C20H27NO3. The van der Waals surface area contributed by atoms with Gasteiger partial charge in [0.15, 0.2) is 0 Å². The van der Waals surface area contributed by atoms with Crippen molar-refractivity contribution in [2.24, 2.45) is 5.92 Å². The van der Waals surface area contributed by atoms with E-state index in [1.807, 2.05) is 4.90 Å². The maximum Gasteiger partial charge on any atom is 0.303 e. The topological polar surface area (TPSA) is 57.6 Å². The second-order valence-corrected chi connectivity index (χ2v) is 7.27. The van der Waals surface area contributed by atoms with Crippen molar-refractivity contribution in [2.75, 3.05) is 13.1 Å². The average molecular weight is 329 g/mol. The lowest BCUT2D eigenvalue weighted by Crippen LogP contribution is -2.40. The van der Waals surface area contributed by atoms with Crippen molar-refractivity contribution in [1.29, 1.82) is 0 Å². The fourth-order valence-corrected chi connectivity index (χ4v) is 4.26. The van der Waals surface area contributed by atoms with Crippen LogP contribution in [0, 0.1) is 5.92 Å². The third-order valence-electron chi connectivity index (χ3n) is 5.55. The molecule has 1 fully saturated rings. The highest BCUT2D eigenvalue weighted by atomic mass is 16.4. The summed E-state index contributed by atoms with van der Waals surface area (Å²) in [6.07, 6.45) is 6.93. The van der Waals surface area contributed by atoms with E-state index in [1.165, 1.54) is 11.1 Å². The smallest absolute Gasteiger partial charge is 0.303 e. The van der Waals surface area contributed by atoms with E-state index in [1.54, 1.807) is 0 Å². The zero-order valence-corrected chi connectivity index (χ0v) is 14.2. The molecule has 1 heterocycles. The predicted octanol–water partition coefficient (Wildman–Crippen LogP) is 3.60. The Bertz CT molecular complexity index is 598. The first-order chi connectivity index (χ1) is 11.6. The molecule has 1 N–H and O–H groups in total. The van der Waals surface area contributed by atoms with Gasteiger partial charge in [0.05, 0.1) is 0 Å². The summed E-state index contributed by atoms with van der Waals surface area (Å²) >= 11 is 0. The van der Waals surface area contributed by atoms with Crippen LogP contribution in [0.2, 0.25) is 0 Å². The molecule has 3 rings (SSSR count). The van der Waals surface area contributed by atoms with Crippen LogP contribution in [-0.2, 0) is 16.0 Å². The van der Waals surface area contributed by atoms with Gasteiger partial charge < -0.3 is 10.0 Å². The molecule has 0 saturated carbocycles. The molecule has 0 aromatic heterocycles. The summed E-state index contributed by atoms with van der Waals surface area (Å²) in [5.41, 5.74) is 2.76. The zero-order valence-electron chi connectivity index (χ0n) is 14.2. The van der Waals surface area contributed by atoms with Crippen LogP contribution in [0.25, 0.3) is 0 Å². The number of likely N-dealkylation sites (tertiary alicyclic amines) is 1. The predicted molar refractivity (Wildman–Crippen MR) is 92.9 cm³/mol. The van der Waals surface area contributed by atoms with Crippen molar-refractivity contribution in [3.05, 3.63) is 35.4 Å². The van der Waals surface area contributed by atoms with Gasteiger partial charge >= 0.3 is 5.97 Å². The van der Waals surface area contributed by atoms with Crippen LogP contribution in [-0.4, -0.2) is 35.0 Å². The minimum Gasteiger partial charge on any atom is -0.481 e. The Morgan fingerprint density at radius 2 is 2.00 bits per heavy atom. The van der Waals surface area contributed by atoms with Crippen molar-refractivity contribution in [1.82, 2.24) is 4.90 Å². The van der Waals surface area contributed by atoms with Gasteiger partial charge in [-0.1, -0.05) is 24.3 Å². The molecule has 0 radical (unpaired) electrons.